The highest BCUT2D eigenvalue weighted by Crippen LogP contribution is 2.42. The first-order chi connectivity index (χ1) is 13.0. The van der Waals surface area contributed by atoms with Crippen molar-refractivity contribution in [2.24, 2.45) is 5.41 Å². The predicted octanol–water partition coefficient (Wildman–Crippen LogP) is 2.26. The second kappa shape index (κ2) is 7.38. The molecule has 0 aromatic carbocycles. The number of nitrogens with zero attached hydrogens (tertiary/aromatic N) is 5. The minimum atomic E-state index is 0.306. The maximum absolute atomic E-state index is 12.6. The molecule has 27 heavy (non-hydrogen) atoms. The Bertz CT molecular complexity index is 698. The van der Waals surface area contributed by atoms with Crippen LogP contribution >= 0.6 is 0 Å². The molecule has 1 atom stereocenters. The lowest BCUT2D eigenvalue weighted by Crippen LogP contribution is -2.55. The molecule has 4 heterocycles. The molecule has 4 rings (SSSR count). The minimum absolute atomic E-state index is 0.306. The zero-order chi connectivity index (χ0) is 19.0. The molecule has 3 aliphatic rings. The summed E-state index contributed by atoms with van der Waals surface area (Å²) in [5.41, 5.74) is 1.55. The summed E-state index contributed by atoms with van der Waals surface area (Å²) >= 11 is 0. The van der Waals surface area contributed by atoms with Crippen LogP contribution in [0.25, 0.3) is 0 Å². The van der Waals surface area contributed by atoms with Crippen molar-refractivity contribution < 1.29 is 4.79 Å². The highest BCUT2D eigenvalue weighted by atomic mass is 16.2. The van der Waals surface area contributed by atoms with Crippen LogP contribution in [0.4, 0.5) is 5.82 Å². The molecular weight excluding hydrogens is 338 g/mol. The van der Waals surface area contributed by atoms with E-state index in [9.17, 15) is 4.79 Å². The topological polar surface area (TPSA) is 52.6 Å². The number of likely N-dealkylation sites (tertiary alicyclic amines) is 2. The number of hydrogen-bond donors (Lipinski definition) is 0. The van der Waals surface area contributed by atoms with E-state index in [0.29, 0.717) is 17.4 Å². The molecule has 0 bridgehead atoms. The van der Waals surface area contributed by atoms with Crippen molar-refractivity contribution in [2.75, 3.05) is 44.7 Å². The smallest absolute Gasteiger partial charge is 0.222 e. The van der Waals surface area contributed by atoms with E-state index in [4.69, 9.17) is 4.98 Å². The van der Waals surface area contributed by atoms with Crippen LogP contribution in [-0.4, -0.2) is 71.5 Å². The van der Waals surface area contributed by atoms with Crippen molar-refractivity contribution in [1.82, 2.24) is 19.8 Å². The van der Waals surface area contributed by atoms with Crippen LogP contribution in [0.3, 0.4) is 0 Å². The van der Waals surface area contributed by atoms with Crippen molar-refractivity contribution in [1.29, 1.82) is 0 Å². The summed E-state index contributed by atoms with van der Waals surface area (Å²) in [6.07, 6.45) is 8.19. The summed E-state index contributed by atoms with van der Waals surface area (Å²) in [7, 11) is 2.16. The molecule has 0 unspecified atom stereocenters. The van der Waals surface area contributed by atoms with Crippen molar-refractivity contribution in [2.45, 2.75) is 58.4 Å². The van der Waals surface area contributed by atoms with Crippen molar-refractivity contribution in [3.05, 3.63) is 17.6 Å². The predicted molar refractivity (Wildman–Crippen MR) is 107 cm³/mol. The molecule has 148 valence electrons. The zero-order valence-electron chi connectivity index (χ0n) is 17.1. The lowest BCUT2D eigenvalue weighted by Gasteiger charge is -2.49. The van der Waals surface area contributed by atoms with Crippen molar-refractivity contribution >= 4 is 11.7 Å². The molecular formula is C21H33N5O. The molecule has 0 N–H and O–H groups in total. The second-order valence-electron chi connectivity index (χ2n) is 8.83. The molecule has 1 spiro atoms. The van der Waals surface area contributed by atoms with Crippen LogP contribution in [0.1, 0.15) is 50.4 Å². The number of likely N-dealkylation sites (N-methyl/N-ethyl adjacent to an activating group) is 1. The largest absolute Gasteiger partial charge is 0.356 e. The lowest BCUT2D eigenvalue weighted by atomic mass is 9.72. The quantitative estimate of drug-likeness (QED) is 0.816. The molecule has 0 radical (unpaired) electrons. The van der Waals surface area contributed by atoms with Crippen LogP contribution in [0.5, 0.6) is 0 Å². The number of amides is 1. The Hall–Kier alpha value is -1.69. The first-order valence-corrected chi connectivity index (χ1v) is 10.6. The van der Waals surface area contributed by atoms with Gasteiger partial charge in [-0.25, -0.2) is 9.97 Å². The molecule has 1 aromatic heterocycles. The zero-order valence-corrected chi connectivity index (χ0v) is 17.1. The molecule has 3 aliphatic heterocycles. The lowest BCUT2D eigenvalue weighted by molar-refractivity contribution is -0.141. The van der Waals surface area contributed by atoms with Gasteiger partial charge in [0.25, 0.3) is 0 Å². The summed E-state index contributed by atoms with van der Waals surface area (Å²) in [5, 5.41) is 0. The van der Waals surface area contributed by atoms with Gasteiger partial charge in [0, 0.05) is 50.4 Å². The van der Waals surface area contributed by atoms with E-state index in [1.165, 1.54) is 5.56 Å². The maximum Gasteiger partial charge on any atom is 0.222 e. The molecule has 3 fully saturated rings. The summed E-state index contributed by atoms with van der Waals surface area (Å²) in [6.45, 7) is 9.33. The van der Waals surface area contributed by atoms with Crippen molar-refractivity contribution in [3.63, 3.8) is 0 Å². The number of hydrogen-bond acceptors (Lipinski definition) is 5. The van der Waals surface area contributed by atoms with Gasteiger partial charge in [0.2, 0.25) is 5.91 Å². The fourth-order valence-corrected chi connectivity index (χ4v) is 5.15. The molecule has 1 aromatic rings. The monoisotopic (exact) mass is 371 g/mol. The van der Waals surface area contributed by atoms with E-state index in [2.05, 4.69) is 33.7 Å². The Morgan fingerprint density at radius 2 is 2.00 bits per heavy atom. The van der Waals surface area contributed by atoms with Gasteiger partial charge in [0.15, 0.2) is 0 Å². The van der Waals surface area contributed by atoms with Gasteiger partial charge >= 0.3 is 0 Å². The molecule has 6 heteroatoms. The summed E-state index contributed by atoms with van der Waals surface area (Å²) < 4.78 is 0. The third kappa shape index (κ3) is 3.68. The molecule has 0 aliphatic carbocycles. The normalized spacial score (nSPS) is 26.2. The van der Waals surface area contributed by atoms with Crippen LogP contribution < -0.4 is 4.90 Å². The summed E-state index contributed by atoms with van der Waals surface area (Å²) in [6, 6.07) is 0.425. The molecule has 3 saturated heterocycles. The average molecular weight is 372 g/mol. The number of anilines is 1. The number of aryl methyl sites for hydroxylation is 2. The highest BCUT2D eigenvalue weighted by Gasteiger charge is 2.44. The van der Waals surface area contributed by atoms with Gasteiger partial charge in [-0.05, 0) is 58.0 Å². The SMILES string of the molecule is CCc1cnc(C)nc1N1CCC2(CCC(=O)N([C@H]3CCN(C)C3)C2)CC1. The highest BCUT2D eigenvalue weighted by molar-refractivity contribution is 5.77. The maximum atomic E-state index is 12.6. The standard InChI is InChI=1S/C21H33N5O/c1-4-17-13-22-16(2)23-20(17)25-11-8-21(9-12-25)7-5-19(27)26(15-21)18-6-10-24(3)14-18/h13,18H,4-12,14-15H2,1-3H3/t18-/m0/s1. The van der Waals surface area contributed by atoms with Crippen LogP contribution in [-0.2, 0) is 11.2 Å². The average Bonchev–Trinajstić information content (AvgIpc) is 3.11. The number of aromatic nitrogens is 2. The molecule has 1 amide bonds. The van der Waals surface area contributed by atoms with E-state index in [-0.39, 0.29) is 0 Å². The molecule has 0 saturated carbocycles. The van der Waals surface area contributed by atoms with E-state index in [0.717, 1.165) is 82.9 Å². The number of carbonyl (C=O) groups excluding carboxylic acids is 1. The number of piperidine rings is 2. The second-order valence-corrected chi connectivity index (χ2v) is 8.83. The summed E-state index contributed by atoms with van der Waals surface area (Å²) in [4.78, 5) is 28.7. The molecule has 6 nitrogen and oxygen atoms in total. The van der Waals surface area contributed by atoms with E-state index in [1.807, 2.05) is 13.1 Å². The van der Waals surface area contributed by atoms with Gasteiger partial charge in [-0.1, -0.05) is 6.92 Å². The van der Waals surface area contributed by atoms with Gasteiger partial charge in [-0.2, -0.15) is 0 Å². The number of carbonyl (C=O) groups is 1. The van der Waals surface area contributed by atoms with Crippen LogP contribution in [0, 0.1) is 12.3 Å². The fourth-order valence-electron chi connectivity index (χ4n) is 5.15. The Balaban J connectivity index is 1.45. The van der Waals surface area contributed by atoms with Crippen LogP contribution in [0.15, 0.2) is 6.20 Å². The third-order valence-electron chi connectivity index (χ3n) is 6.97. The Labute approximate surface area is 162 Å². The fraction of sp³-hybridized carbons (Fsp3) is 0.762. The first-order valence-electron chi connectivity index (χ1n) is 10.6. The van der Waals surface area contributed by atoms with E-state index >= 15 is 0 Å². The minimum Gasteiger partial charge on any atom is -0.356 e. The van der Waals surface area contributed by atoms with Gasteiger partial charge < -0.3 is 14.7 Å². The van der Waals surface area contributed by atoms with Gasteiger partial charge in [-0.3, -0.25) is 4.79 Å². The van der Waals surface area contributed by atoms with E-state index in [1.54, 1.807) is 0 Å². The van der Waals surface area contributed by atoms with Crippen molar-refractivity contribution in [3.8, 4) is 0 Å². The van der Waals surface area contributed by atoms with E-state index < -0.39 is 0 Å². The van der Waals surface area contributed by atoms with Gasteiger partial charge in [0.05, 0.1) is 0 Å². The first kappa shape index (κ1) is 18.7. The Morgan fingerprint density at radius 3 is 2.67 bits per heavy atom. The number of rotatable bonds is 3. The Morgan fingerprint density at radius 1 is 1.22 bits per heavy atom. The van der Waals surface area contributed by atoms with Gasteiger partial charge in [0.1, 0.15) is 11.6 Å². The van der Waals surface area contributed by atoms with Crippen LogP contribution in [0.2, 0.25) is 0 Å². The van der Waals surface area contributed by atoms with Gasteiger partial charge in [-0.15, -0.1) is 0 Å². The summed E-state index contributed by atoms with van der Waals surface area (Å²) in [5.74, 6) is 2.35. The Kier molecular flexibility index (Phi) is 5.10. The third-order valence-corrected chi connectivity index (χ3v) is 6.97.